The highest BCUT2D eigenvalue weighted by Gasteiger charge is 2.08. The average molecular weight is 202 g/mol. The molecule has 0 amide bonds. The fourth-order valence-corrected chi connectivity index (χ4v) is 2.45. The van der Waals surface area contributed by atoms with Gasteiger partial charge in [-0.25, -0.2) is 0 Å². The van der Waals surface area contributed by atoms with Crippen molar-refractivity contribution in [1.82, 2.24) is 0 Å². The van der Waals surface area contributed by atoms with Gasteiger partial charge in [0.05, 0.1) is 18.5 Å². The molecule has 14 heavy (non-hydrogen) atoms. The van der Waals surface area contributed by atoms with Crippen molar-refractivity contribution in [2.24, 2.45) is 5.73 Å². The summed E-state index contributed by atoms with van der Waals surface area (Å²) in [6.07, 6.45) is 0.382. The summed E-state index contributed by atoms with van der Waals surface area (Å²) in [6.45, 7) is 0. The van der Waals surface area contributed by atoms with Crippen LogP contribution in [-0.4, -0.2) is 0 Å². The molecule has 2 N–H and O–H groups in total. The van der Waals surface area contributed by atoms with Gasteiger partial charge >= 0.3 is 0 Å². The van der Waals surface area contributed by atoms with E-state index in [2.05, 4.69) is 24.3 Å². The summed E-state index contributed by atoms with van der Waals surface area (Å²) in [5.41, 5.74) is 5.86. The van der Waals surface area contributed by atoms with Gasteiger partial charge in [0, 0.05) is 9.58 Å². The molecule has 0 bridgehead atoms. The second-order valence-electron chi connectivity index (χ2n) is 3.16. The van der Waals surface area contributed by atoms with Crippen LogP contribution in [0.15, 0.2) is 30.3 Å². The van der Waals surface area contributed by atoms with Crippen molar-refractivity contribution < 1.29 is 0 Å². The second-order valence-corrected chi connectivity index (χ2v) is 4.27. The standard InChI is InChI=1S/C11H10N2S/c12-6-5-9(13)11-7-8-3-1-2-4-10(8)14-11/h1-4,7,9H,5,13H2. The van der Waals surface area contributed by atoms with E-state index in [4.69, 9.17) is 11.0 Å². The van der Waals surface area contributed by atoms with E-state index in [9.17, 15) is 0 Å². The van der Waals surface area contributed by atoms with Crippen LogP contribution in [0.4, 0.5) is 0 Å². The highest BCUT2D eigenvalue weighted by molar-refractivity contribution is 7.19. The molecule has 3 heteroatoms. The molecule has 0 spiro atoms. The van der Waals surface area contributed by atoms with Crippen molar-refractivity contribution in [3.8, 4) is 6.07 Å². The Morgan fingerprint density at radius 1 is 1.43 bits per heavy atom. The Labute approximate surface area is 86.6 Å². The number of benzene rings is 1. The summed E-state index contributed by atoms with van der Waals surface area (Å²) in [6, 6.07) is 12.2. The molecule has 1 aromatic carbocycles. The van der Waals surface area contributed by atoms with Crippen molar-refractivity contribution in [2.45, 2.75) is 12.5 Å². The van der Waals surface area contributed by atoms with Crippen LogP contribution in [0.3, 0.4) is 0 Å². The van der Waals surface area contributed by atoms with E-state index in [0.717, 1.165) is 4.88 Å². The lowest BCUT2D eigenvalue weighted by Gasteiger charge is -2.01. The Balaban J connectivity index is 2.41. The molecule has 1 unspecified atom stereocenters. The van der Waals surface area contributed by atoms with Crippen LogP contribution in [0.1, 0.15) is 17.3 Å². The van der Waals surface area contributed by atoms with E-state index in [1.165, 1.54) is 10.1 Å². The first-order chi connectivity index (χ1) is 6.81. The molecule has 0 saturated heterocycles. The third-order valence-electron chi connectivity index (χ3n) is 2.12. The second kappa shape index (κ2) is 3.79. The minimum atomic E-state index is -0.141. The maximum Gasteiger partial charge on any atom is 0.0642 e. The van der Waals surface area contributed by atoms with E-state index >= 15 is 0 Å². The lowest BCUT2D eigenvalue weighted by molar-refractivity contribution is 0.765. The summed E-state index contributed by atoms with van der Waals surface area (Å²) in [5, 5.41) is 9.76. The van der Waals surface area contributed by atoms with Crippen molar-refractivity contribution in [3.63, 3.8) is 0 Å². The largest absolute Gasteiger partial charge is 0.322 e. The molecule has 1 aromatic heterocycles. The van der Waals surface area contributed by atoms with Crippen LogP contribution in [0.5, 0.6) is 0 Å². The third kappa shape index (κ3) is 1.63. The number of hydrogen-bond donors (Lipinski definition) is 1. The van der Waals surface area contributed by atoms with Gasteiger partial charge in [-0.2, -0.15) is 5.26 Å². The summed E-state index contributed by atoms with van der Waals surface area (Å²) in [4.78, 5) is 1.09. The van der Waals surface area contributed by atoms with E-state index < -0.39 is 0 Å². The van der Waals surface area contributed by atoms with Crippen LogP contribution in [-0.2, 0) is 0 Å². The molecule has 0 radical (unpaired) electrons. The van der Waals surface area contributed by atoms with Gasteiger partial charge in [-0.3, -0.25) is 0 Å². The molecule has 1 atom stereocenters. The molecule has 0 saturated carbocycles. The van der Waals surface area contributed by atoms with Crippen LogP contribution in [0.2, 0.25) is 0 Å². The lowest BCUT2D eigenvalue weighted by Crippen LogP contribution is -2.06. The Hall–Kier alpha value is -1.37. The zero-order valence-corrected chi connectivity index (χ0v) is 8.42. The molecule has 2 rings (SSSR count). The van der Waals surface area contributed by atoms with E-state index in [1.807, 2.05) is 12.1 Å². The van der Waals surface area contributed by atoms with Crippen molar-refractivity contribution in [3.05, 3.63) is 35.2 Å². The normalized spacial score (nSPS) is 12.6. The van der Waals surface area contributed by atoms with E-state index in [1.54, 1.807) is 11.3 Å². The molecule has 0 fully saturated rings. The predicted molar refractivity (Wildman–Crippen MR) is 59.0 cm³/mol. The monoisotopic (exact) mass is 202 g/mol. The molecule has 0 aliphatic carbocycles. The van der Waals surface area contributed by atoms with Gasteiger partial charge in [0.2, 0.25) is 0 Å². The average Bonchev–Trinajstić information content (AvgIpc) is 2.61. The lowest BCUT2D eigenvalue weighted by atomic mass is 10.2. The Morgan fingerprint density at radius 3 is 2.93 bits per heavy atom. The molecular formula is C11H10N2S. The minimum Gasteiger partial charge on any atom is -0.322 e. The van der Waals surface area contributed by atoms with Gasteiger partial charge in [0.1, 0.15) is 0 Å². The fourth-order valence-electron chi connectivity index (χ4n) is 1.38. The van der Waals surface area contributed by atoms with E-state index in [0.29, 0.717) is 6.42 Å². The van der Waals surface area contributed by atoms with Crippen LogP contribution < -0.4 is 5.73 Å². The van der Waals surface area contributed by atoms with Gasteiger partial charge in [-0.05, 0) is 17.5 Å². The summed E-state index contributed by atoms with van der Waals surface area (Å²) < 4.78 is 1.23. The zero-order chi connectivity index (χ0) is 9.97. The fraction of sp³-hybridized carbons (Fsp3) is 0.182. The Kier molecular flexibility index (Phi) is 2.49. The molecular weight excluding hydrogens is 192 g/mol. The van der Waals surface area contributed by atoms with Gasteiger partial charge in [0.25, 0.3) is 0 Å². The van der Waals surface area contributed by atoms with Crippen molar-refractivity contribution in [2.75, 3.05) is 0 Å². The van der Waals surface area contributed by atoms with Gasteiger partial charge < -0.3 is 5.73 Å². The Bertz CT molecular complexity index is 448. The van der Waals surface area contributed by atoms with Gasteiger partial charge in [0.15, 0.2) is 0 Å². The first-order valence-corrected chi connectivity index (χ1v) is 5.24. The maximum atomic E-state index is 8.55. The molecule has 0 aliphatic rings. The van der Waals surface area contributed by atoms with E-state index in [-0.39, 0.29) is 6.04 Å². The predicted octanol–water partition coefficient (Wildman–Crippen LogP) is 2.81. The number of nitrogens with zero attached hydrogens (tertiary/aromatic N) is 1. The van der Waals surface area contributed by atoms with Crippen molar-refractivity contribution >= 4 is 21.4 Å². The van der Waals surface area contributed by atoms with Gasteiger partial charge in [-0.15, -0.1) is 11.3 Å². The summed E-state index contributed by atoms with van der Waals surface area (Å²) >= 11 is 1.67. The number of fused-ring (bicyclic) bond motifs is 1. The minimum absolute atomic E-state index is 0.141. The van der Waals surface area contributed by atoms with Crippen molar-refractivity contribution in [1.29, 1.82) is 5.26 Å². The molecule has 2 aromatic rings. The first kappa shape index (κ1) is 9.20. The number of thiophene rings is 1. The number of hydrogen-bond acceptors (Lipinski definition) is 3. The van der Waals surface area contributed by atoms with Gasteiger partial charge in [-0.1, -0.05) is 18.2 Å². The molecule has 70 valence electrons. The SMILES string of the molecule is N#CCC(N)c1cc2ccccc2s1. The zero-order valence-electron chi connectivity index (χ0n) is 7.60. The summed E-state index contributed by atoms with van der Waals surface area (Å²) in [7, 11) is 0. The number of nitrogens with two attached hydrogens (primary N) is 1. The molecule has 0 aliphatic heterocycles. The Morgan fingerprint density at radius 2 is 2.21 bits per heavy atom. The smallest absolute Gasteiger partial charge is 0.0642 e. The summed E-state index contributed by atoms with van der Waals surface area (Å²) in [5.74, 6) is 0. The quantitative estimate of drug-likeness (QED) is 0.814. The maximum absolute atomic E-state index is 8.55. The highest BCUT2D eigenvalue weighted by atomic mass is 32.1. The number of nitriles is 1. The highest BCUT2D eigenvalue weighted by Crippen LogP contribution is 2.29. The van der Waals surface area contributed by atoms with Crippen LogP contribution in [0, 0.1) is 11.3 Å². The third-order valence-corrected chi connectivity index (χ3v) is 3.37. The number of rotatable bonds is 2. The van der Waals surface area contributed by atoms with Crippen LogP contribution >= 0.6 is 11.3 Å². The molecule has 1 heterocycles. The first-order valence-electron chi connectivity index (χ1n) is 4.42. The van der Waals surface area contributed by atoms with Crippen LogP contribution in [0.25, 0.3) is 10.1 Å². The molecule has 2 nitrogen and oxygen atoms in total. The topological polar surface area (TPSA) is 49.8 Å².